The van der Waals surface area contributed by atoms with Gasteiger partial charge in [0.1, 0.15) is 0 Å². The van der Waals surface area contributed by atoms with Crippen LogP contribution in [0.2, 0.25) is 0 Å². The molecule has 0 unspecified atom stereocenters. The Bertz CT molecular complexity index is 748. The molecule has 7 heteroatoms. The van der Waals surface area contributed by atoms with Gasteiger partial charge in [0.15, 0.2) is 11.6 Å². The molecule has 0 amide bonds. The summed E-state index contributed by atoms with van der Waals surface area (Å²) in [5, 5.41) is 2.85. The maximum atomic E-state index is 13.6. The fraction of sp³-hybridized carbons (Fsp3) is 0.143. The second-order valence-corrected chi connectivity index (χ2v) is 6.00. The normalized spacial score (nSPS) is 11.4. The molecule has 0 atom stereocenters. The van der Waals surface area contributed by atoms with Crippen LogP contribution in [0.15, 0.2) is 47.4 Å². The van der Waals surface area contributed by atoms with Crippen LogP contribution >= 0.6 is 0 Å². The largest absolute Gasteiger partial charge is 0.316 e. The van der Waals surface area contributed by atoms with Crippen molar-refractivity contribution in [2.24, 2.45) is 0 Å². The Kier molecular flexibility index (Phi) is 4.54. The number of nitrogens with one attached hydrogen (secondary N) is 2. The van der Waals surface area contributed by atoms with Gasteiger partial charge in [0.05, 0.1) is 10.6 Å². The molecule has 21 heavy (non-hydrogen) atoms. The SMILES string of the molecule is CNCc1ccccc1S(=O)(=O)Nc1cccc(F)c1F. The van der Waals surface area contributed by atoms with E-state index in [0.717, 1.165) is 12.1 Å². The van der Waals surface area contributed by atoms with Gasteiger partial charge in [0.25, 0.3) is 10.0 Å². The quantitative estimate of drug-likeness (QED) is 0.892. The van der Waals surface area contributed by atoms with Crippen LogP contribution in [-0.2, 0) is 16.6 Å². The van der Waals surface area contributed by atoms with E-state index >= 15 is 0 Å². The van der Waals surface area contributed by atoms with Crippen LogP contribution in [0.3, 0.4) is 0 Å². The highest BCUT2D eigenvalue weighted by molar-refractivity contribution is 7.92. The molecule has 2 N–H and O–H groups in total. The van der Waals surface area contributed by atoms with Crippen LogP contribution in [-0.4, -0.2) is 15.5 Å². The number of hydrogen-bond donors (Lipinski definition) is 2. The summed E-state index contributed by atoms with van der Waals surface area (Å²) in [6.45, 7) is 0.336. The van der Waals surface area contributed by atoms with E-state index < -0.39 is 27.3 Å². The van der Waals surface area contributed by atoms with Gasteiger partial charge in [0, 0.05) is 6.54 Å². The zero-order valence-electron chi connectivity index (χ0n) is 11.2. The lowest BCUT2D eigenvalue weighted by atomic mass is 10.2. The van der Waals surface area contributed by atoms with Crippen LogP contribution in [0.1, 0.15) is 5.56 Å². The average molecular weight is 312 g/mol. The average Bonchev–Trinajstić information content (AvgIpc) is 2.44. The first-order valence-electron chi connectivity index (χ1n) is 6.15. The molecule has 0 aliphatic carbocycles. The molecule has 2 aromatic rings. The smallest absolute Gasteiger partial charge is 0.262 e. The molecular weight excluding hydrogens is 298 g/mol. The van der Waals surface area contributed by atoms with Crippen molar-refractivity contribution in [1.82, 2.24) is 5.32 Å². The van der Waals surface area contributed by atoms with Crippen LogP contribution in [0.25, 0.3) is 0 Å². The first-order chi connectivity index (χ1) is 9.95. The lowest BCUT2D eigenvalue weighted by Crippen LogP contribution is -2.18. The summed E-state index contributed by atoms with van der Waals surface area (Å²) < 4.78 is 53.5. The molecule has 4 nitrogen and oxygen atoms in total. The maximum absolute atomic E-state index is 13.6. The monoisotopic (exact) mass is 312 g/mol. The molecule has 112 valence electrons. The van der Waals surface area contributed by atoms with Crippen molar-refractivity contribution in [3.05, 3.63) is 59.7 Å². The molecule has 2 aromatic carbocycles. The Morgan fingerprint density at radius 3 is 2.48 bits per heavy atom. The Morgan fingerprint density at radius 1 is 1.05 bits per heavy atom. The lowest BCUT2D eigenvalue weighted by Gasteiger charge is -2.12. The van der Waals surface area contributed by atoms with Crippen LogP contribution in [0, 0.1) is 11.6 Å². The van der Waals surface area contributed by atoms with Gasteiger partial charge in [-0.25, -0.2) is 17.2 Å². The summed E-state index contributed by atoms with van der Waals surface area (Å²) in [4.78, 5) is 0.0167. The van der Waals surface area contributed by atoms with E-state index in [1.807, 2.05) is 0 Å². The van der Waals surface area contributed by atoms with Crippen LogP contribution in [0.5, 0.6) is 0 Å². The molecular formula is C14H14F2N2O2S. The molecule has 0 bridgehead atoms. The Hall–Kier alpha value is -1.99. The van der Waals surface area contributed by atoms with E-state index in [0.29, 0.717) is 12.1 Å². The minimum Gasteiger partial charge on any atom is -0.316 e. The molecule has 0 aliphatic rings. The summed E-state index contributed by atoms with van der Waals surface area (Å²) in [6.07, 6.45) is 0. The maximum Gasteiger partial charge on any atom is 0.262 e. The zero-order chi connectivity index (χ0) is 15.5. The lowest BCUT2D eigenvalue weighted by molar-refractivity contribution is 0.511. The van der Waals surface area contributed by atoms with Gasteiger partial charge < -0.3 is 5.32 Å². The van der Waals surface area contributed by atoms with E-state index in [-0.39, 0.29) is 4.90 Å². The highest BCUT2D eigenvalue weighted by Gasteiger charge is 2.20. The topological polar surface area (TPSA) is 58.2 Å². The molecule has 0 heterocycles. The van der Waals surface area contributed by atoms with Gasteiger partial charge in [-0.15, -0.1) is 0 Å². The van der Waals surface area contributed by atoms with Crippen molar-refractivity contribution in [3.63, 3.8) is 0 Å². The second-order valence-electron chi connectivity index (χ2n) is 4.34. The number of halogens is 2. The molecule has 2 rings (SSSR count). The van der Waals surface area contributed by atoms with Gasteiger partial charge in [-0.1, -0.05) is 24.3 Å². The molecule has 0 radical (unpaired) electrons. The van der Waals surface area contributed by atoms with Crippen molar-refractivity contribution in [2.45, 2.75) is 11.4 Å². The molecule has 0 aromatic heterocycles. The van der Waals surface area contributed by atoms with Crippen molar-refractivity contribution >= 4 is 15.7 Å². The fourth-order valence-corrected chi connectivity index (χ4v) is 3.19. The third kappa shape index (κ3) is 3.37. The molecule has 0 saturated heterocycles. The Morgan fingerprint density at radius 2 is 1.76 bits per heavy atom. The minimum atomic E-state index is -4.00. The predicted octanol–water partition coefficient (Wildman–Crippen LogP) is 2.49. The number of hydrogen-bond acceptors (Lipinski definition) is 3. The standard InChI is InChI=1S/C14H14F2N2O2S/c1-17-9-10-5-2-3-8-13(10)21(19,20)18-12-7-4-6-11(15)14(12)16/h2-8,17-18H,9H2,1H3. The molecule has 0 saturated carbocycles. The van der Waals surface area contributed by atoms with E-state index in [1.54, 1.807) is 25.2 Å². The van der Waals surface area contributed by atoms with Crippen LogP contribution < -0.4 is 10.0 Å². The van der Waals surface area contributed by atoms with E-state index in [1.165, 1.54) is 12.1 Å². The highest BCUT2D eigenvalue weighted by Crippen LogP contribution is 2.22. The van der Waals surface area contributed by atoms with Gasteiger partial charge in [-0.2, -0.15) is 0 Å². The van der Waals surface area contributed by atoms with Gasteiger partial charge in [0.2, 0.25) is 0 Å². The summed E-state index contributed by atoms with van der Waals surface area (Å²) in [5.41, 5.74) is 0.110. The highest BCUT2D eigenvalue weighted by atomic mass is 32.2. The summed E-state index contributed by atoms with van der Waals surface area (Å²) in [5.74, 6) is -2.34. The molecule has 0 aliphatic heterocycles. The number of benzene rings is 2. The van der Waals surface area contributed by atoms with E-state index in [9.17, 15) is 17.2 Å². The van der Waals surface area contributed by atoms with Gasteiger partial charge in [-0.05, 0) is 30.8 Å². The Labute approximate surface area is 121 Å². The van der Waals surface area contributed by atoms with E-state index in [4.69, 9.17) is 0 Å². The third-order valence-corrected chi connectivity index (χ3v) is 4.29. The molecule has 0 fully saturated rings. The van der Waals surface area contributed by atoms with Gasteiger partial charge in [-0.3, -0.25) is 4.72 Å². The first kappa shape index (κ1) is 15.4. The molecule has 0 spiro atoms. The summed E-state index contributed by atoms with van der Waals surface area (Å²) >= 11 is 0. The third-order valence-electron chi connectivity index (χ3n) is 2.83. The van der Waals surface area contributed by atoms with Crippen molar-refractivity contribution in [2.75, 3.05) is 11.8 Å². The zero-order valence-corrected chi connectivity index (χ0v) is 12.0. The van der Waals surface area contributed by atoms with E-state index in [2.05, 4.69) is 10.0 Å². The Balaban J connectivity index is 2.41. The van der Waals surface area contributed by atoms with Crippen LogP contribution in [0.4, 0.5) is 14.5 Å². The van der Waals surface area contributed by atoms with Crippen molar-refractivity contribution < 1.29 is 17.2 Å². The minimum absolute atomic E-state index is 0.0167. The number of sulfonamides is 1. The predicted molar refractivity (Wildman–Crippen MR) is 76.4 cm³/mol. The summed E-state index contributed by atoms with van der Waals surface area (Å²) in [6, 6.07) is 9.64. The van der Waals surface area contributed by atoms with Crippen molar-refractivity contribution in [3.8, 4) is 0 Å². The van der Waals surface area contributed by atoms with Gasteiger partial charge >= 0.3 is 0 Å². The number of anilines is 1. The second kappa shape index (κ2) is 6.19. The van der Waals surface area contributed by atoms with Crippen molar-refractivity contribution in [1.29, 1.82) is 0 Å². The fourth-order valence-electron chi connectivity index (χ4n) is 1.88. The summed E-state index contributed by atoms with van der Waals surface area (Å²) in [7, 11) is -2.32. The first-order valence-corrected chi connectivity index (χ1v) is 7.63. The number of rotatable bonds is 5.